The zero-order chi connectivity index (χ0) is 20.4. The van der Waals surface area contributed by atoms with E-state index < -0.39 is 34.5 Å². The van der Waals surface area contributed by atoms with Gasteiger partial charge in [-0.15, -0.1) is 0 Å². The Hall–Kier alpha value is -3.82. The third-order valence-corrected chi connectivity index (χ3v) is 3.89. The van der Waals surface area contributed by atoms with E-state index >= 15 is 0 Å². The smallest absolute Gasteiger partial charge is 0.351 e. The number of hydrogen-bond acceptors (Lipinski definition) is 5. The van der Waals surface area contributed by atoms with Crippen molar-refractivity contribution in [3.8, 4) is 11.4 Å². The van der Waals surface area contributed by atoms with Crippen molar-refractivity contribution in [1.82, 2.24) is 14.3 Å². The molecule has 0 saturated carbocycles. The molecule has 1 heterocycles. The fraction of sp³-hybridized carbons (Fsp3) is 0.111. The molecule has 0 aliphatic heterocycles. The minimum atomic E-state index is -1.05. The zero-order valence-corrected chi connectivity index (χ0v) is 14.8. The van der Waals surface area contributed by atoms with Crippen LogP contribution in [0.2, 0.25) is 0 Å². The molecule has 2 aromatic carbocycles. The molecule has 0 aliphatic rings. The molecular formula is C18H14F2N4O4. The second-order valence-corrected chi connectivity index (χ2v) is 5.68. The molecule has 0 fully saturated rings. The Morgan fingerprint density at radius 1 is 1.11 bits per heavy atom. The van der Waals surface area contributed by atoms with Gasteiger partial charge in [0.1, 0.15) is 17.4 Å². The van der Waals surface area contributed by atoms with Crippen molar-refractivity contribution in [1.29, 1.82) is 0 Å². The second-order valence-electron chi connectivity index (χ2n) is 5.68. The highest BCUT2D eigenvalue weighted by atomic mass is 19.1. The lowest BCUT2D eigenvalue weighted by Crippen LogP contribution is -2.43. The van der Waals surface area contributed by atoms with E-state index in [1.807, 2.05) is 0 Å². The third kappa shape index (κ3) is 3.52. The molecule has 8 nitrogen and oxygen atoms in total. The fourth-order valence-corrected chi connectivity index (χ4v) is 2.38. The number of ether oxygens (including phenoxy) is 1. The molecule has 28 heavy (non-hydrogen) atoms. The lowest BCUT2D eigenvalue weighted by molar-refractivity contribution is 0.101. The molecule has 3 aromatic rings. The lowest BCUT2D eigenvalue weighted by atomic mass is 10.3. The monoisotopic (exact) mass is 388 g/mol. The number of halogens is 2. The van der Waals surface area contributed by atoms with Gasteiger partial charge in [-0.3, -0.25) is 14.2 Å². The first-order valence-corrected chi connectivity index (χ1v) is 7.93. The topological polar surface area (TPSA) is 95.2 Å². The average molecular weight is 388 g/mol. The van der Waals surface area contributed by atoms with Gasteiger partial charge in [0.25, 0.3) is 11.5 Å². The molecule has 0 aliphatic carbocycles. The van der Waals surface area contributed by atoms with E-state index in [1.54, 1.807) is 12.1 Å². The number of aromatic nitrogens is 3. The molecule has 10 heteroatoms. The summed E-state index contributed by atoms with van der Waals surface area (Å²) in [5.74, 6) is -2.36. The van der Waals surface area contributed by atoms with E-state index in [4.69, 9.17) is 4.74 Å². The Bertz CT molecular complexity index is 1170. The van der Waals surface area contributed by atoms with Crippen LogP contribution >= 0.6 is 0 Å². The van der Waals surface area contributed by atoms with E-state index in [-0.39, 0.29) is 11.4 Å². The summed E-state index contributed by atoms with van der Waals surface area (Å²) in [6.45, 7) is 0. The zero-order valence-electron chi connectivity index (χ0n) is 14.8. The first-order valence-electron chi connectivity index (χ1n) is 7.93. The fourth-order valence-electron chi connectivity index (χ4n) is 2.38. The molecule has 1 N–H and O–H groups in total. The van der Waals surface area contributed by atoms with Crippen LogP contribution in [-0.4, -0.2) is 27.4 Å². The maximum Gasteiger partial charge on any atom is 0.351 e. The minimum absolute atomic E-state index is 0.281. The predicted molar refractivity (Wildman–Crippen MR) is 95.9 cm³/mol. The highest BCUT2D eigenvalue weighted by Crippen LogP contribution is 2.16. The van der Waals surface area contributed by atoms with Gasteiger partial charge >= 0.3 is 5.69 Å². The Kier molecular flexibility index (Phi) is 5.03. The van der Waals surface area contributed by atoms with Crippen molar-refractivity contribution in [3.05, 3.63) is 80.6 Å². The van der Waals surface area contributed by atoms with Gasteiger partial charge in [-0.1, -0.05) is 0 Å². The Morgan fingerprint density at radius 3 is 2.39 bits per heavy atom. The van der Waals surface area contributed by atoms with Gasteiger partial charge in [-0.05, 0) is 36.4 Å². The number of carbonyl (C=O) groups is 1. The van der Waals surface area contributed by atoms with Crippen LogP contribution in [0.15, 0.2) is 52.1 Å². The van der Waals surface area contributed by atoms with Crippen LogP contribution in [-0.2, 0) is 7.05 Å². The van der Waals surface area contributed by atoms with Crippen molar-refractivity contribution in [3.63, 3.8) is 0 Å². The summed E-state index contributed by atoms with van der Waals surface area (Å²) in [7, 11) is 2.66. The number of hydrogen-bond donors (Lipinski definition) is 1. The maximum atomic E-state index is 13.8. The van der Waals surface area contributed by atoms with Crippen LogP contribution in [0.25, 0.3) is 5.69 Å². The summed E-state index contributed by atoms with van der Waals surface area (Å²) < 4.78 is 33.4. The molecule has 1 amide bonds. The number of rotatable bonds is 4. The number of benzene rings is 2. The molecule has 3 rings (SSSR count). The normalized spacial score (nSPS) is 10.6. The lowest BCUT2D eigenvalue weighted by Gasteiger charge is -2.10. The maximum absolute atomic E-state index is 13.8. The molecule has 0 atom stereocenters. The van der Waals surface area contributed by atoms with E-state index in [0.717, 1.165) is 16.8 Å². The van der Waals surface area contributed by atoms with Gasteiger partial charge in [0.15, 0.2) is 0 Å². The molecule has 144 valence electrons. The average Bonchev–Trinajstić information content (AvgIpc) is 2.68. The summed E-state index contributed by atoms with van der Waals surface area (Å²) in [6, 6.07) is 8.71. The van der Waals surface area contributed by atoms with E-state index in [2.05, 4.69) is 10.4 Å². The van der Waals surface area contributed by atoms with E-state index in [9.17, 15) is 23.2 Å². The highest BCUT2D eigenvalue weighted by Gasteiger charge is 2.20. The minimum Gasteiger partial charge on any atom is -0.497 e. The first kappa shape index (κ1) is 19.0. The summed E-state index contributed by atoms with van der Waals surface area (Å²) >= 11 is 0. The van der Waals surface area contributed by atoms with Gasteiger partial charge in [-0.2, -0.15) is 9.78 Å². The quantitative estimate of drug-likeness (QED) is 0.730. The molecule has 0 radical (unpaired) electrons. The van der Waals surface area contributed by atoms with Crippen molar-refractivity contribution in [2.75, 3.05) is 12.4 Å². The number of carbonyl (C=O) groups excluding carboxylic acids is 1. The first-order chi connectivity index (χ1) is 13.3. The van der Waals surface area contributed by atoms with Gasteiger partial charge in [-0.25, -0.2) is 13.6 Å². The largest absolute Gasteiger partial charge is 0.497 e. The Balaban J connectivity index is 2.05. The van der Waals surface area contributed by atoms with E-state index in [1.165, 1.54) is 26.3 Å². The van der Waals surface area contributed by atoms with Crippen LogP contribution < -0.4 is 21.3 Å². The highest BCUT2D eigenvalue weighted by molar-refractivity contribution is 6.02. The number of methoxy groups -OCH3 is 1. The van der Waals surface area contributed by atoms with Gasteiger partial charge in [0.05, 0.1) is 18.5 Å². The van der Waals surface area contributed by atoms with Gasteiger partial charge < -0.3 is 10.1 Å². The third-order valence-electron chi connectivity index (χ3n) is 3.89. The van der Waals surface area contributed by atoms with Crippen molar-refractivity contribution in [2.24, 2.45) is 7.05 Å². The molecule has 0 saturated heterocycles. The molecule has 0 bridgehead atoms. The number of anilines is 1. The van der Waals surface area contributed by atoms with Crippen LogP contribution in [0.4, 0.5) is 14.5 Å². The van der Waals surface area contributed by atoms with Crippen molar-refractivity contribution in [2.45, 2.75) is 0 Å². The van der Waals surface area contributed by atoms with E-state index in [0.29, 0.717) is 16.4 Å². The summed E-state index contributed by atoms with van der Waals surface area (Å²) in [5, 5.41) is 5.97. The SMILES string of the molecule is COc1ccc(-n2nc(C(=O)Nc3ccc(F)cc3F)c(=O)n(C)c2=O)cc1. The Labute approximate surface area is 156 Å². The second kappa shape index (κ2) is 7.43. The summed E-state index contributed by atoms with van der Waals surface area (Å²) in [4.78, 5) is 37.1. The molecular weight excluding hydrogens is 374 g/mol. The van der Waals surface area contributed by atoms with Crippen molar-refractivity contribution < 1.29 is 18.3 Å². The standard InChI is InChI=1S/C18H14F2N4O4/c1-23-17(26)15(16(25)21-14-8-3-10(19)9-13(14)20)22-24(18(23)27)11-4-6-12(28-2)7-5-11/h3-9H,1-2H3,(H,21,25). The summed E-state index contributed by atoms with van der Waals surface area (Å²) in [5.41, 5.74) is -2.43. The van der Waals surface area contributed by atoms with Crippen LogP contribution in [0.1, 0.15) is 10.5 Å². The van der Waals surface area contributed by atoms with Gasteiger partial charge in [0.2, 0.25) is 5.69 Å². The summed E-state index contributed by atoms with van der Waals surface area (Å²) in [6.07, 6.45) is 0. The number of nitrogens with zero attached hydrogens (tertiary/aromatic N) is 3. The van der Waals surface area contributed by atoms with Crippen molar-refractivity contribution >= 4 is 11.6 Å². The number of nitrogens with one attached hydrogen (secondary N) is 1. The molecule has 0 unspecified atom stereocenters. The molecule has 1 aromatic heterocycles. The molecule has 0 spiro atoms. The number of amides is 1. The van der Waals surface area contributed by atoms with Gasteiger partial charge in [0, 0.05) is 13.1 Å². The van der Waals surface area contributed by atoms with Crippen LogP contribution in [0.5, 0.6) is 5.75 Å². The van der Waals surface area contributed by atoms with Crippen LogP contribution in [0.3, 0.4) is 0 Å². The predicted octanol–water partition coefficient (Wildman–Crippen LogP) is 1.47. The van der Waals surface area contributed by atoms with Crippen LogP contribution in [0, 0.1) is 11.6 Å². The Morgan fingerprint density at radius 2 is 1.79 bits per heavy atom.